The molecule has 0 spiro atoms. The molecule has 0 aliphatic carbocycles. The number of fused-ring (bicyclic) bond motifs is 1. The largest absolute Gasteiger partial charge is 0.431 e. The van der Waals surface area contributed by atoms with E-state index in [1.807, 2.05) is 24.4 Å². The van der Waals surface area contributed by atoms with Crippen LogP contribution in [0.4, 0.5) is 8.78 Å². The third kappa shape index (κ3) is 3.38. The summed E-state index contributed by atoms with van der Waals surface area (Å²) in [7, 11) is 0. The average Bonchev–Trinajstić information content (AvgIpc) is 3.03. The van der Waals surface area contributed by atoms with E-state index in [2.05, 4.69) is 35.0 Å². The fraction of sp³-hybridized carbons (Fsp3) is 0.278. The summed E-state index contributed by atoms with van der Waals surface area (Å²) in [6.45, 7) is 2.13. The predicted molar refractivity (Wildman–Crippen MR) is 89.4 cm³/mol. The monoisotopic (exact) mass is 331 g/mol. The van der Waals surface area contributed by atoms with Crippen LogP contribution in [0.5, 0.6) is 5.75 Å². The molecule has 1 atom stereocenters. The minimum absolute atomic E-state index is 0.0673. The van der Waals surface area contributed by atoms with Crippen LogP contribution in [0.1, 0.15) is 25.5 Å². The highest BCUT2D eigenvalue weighted by Gasteiger charge is 2.13. The number of ether oxygens (including phenoxy) is 1. The highest BCUT2D eigenvalue weighted by molar-refractivity contribution is 5.70. The molecular formula is C18H19F2N3O. The summed E-state index contributed by atoms with van der Waals surface area (Å²) in [5.41, 5.74) is 3.24. The summed E-state index contributed by atoms with van der Waals surface area (Å²) in [4.78, 5) is 4.07. The molecule has 3 rings (SSSR count). The van der Waals surface area contributed by atoms with Gasteiger partial charge in [0.1, 0.15) is 0 Å². The van der Waals surface area contributed by atoms with Gasteiger partial charge in [-0.05, 0) is 36.7 Å². The summed E-state index contributed by atoms with van der Waals surface area (Å²) in [6, 6.07) is 9.83. The lowest BCUT2D eigenvalue weighted by atomic mass is 10.0. The second-order valence-electron chi connectivity index (χ2n) is 5.53. The topological polar surface area (TPSA) is 38.6 Å². The summed E-state index contributed by atoms with van der Waals surface area (Å²) >= 11 is 0. The molecule has 0 fully saturated rings. The highest BCUT2D eigenvalue weighted by Crippen LogP contribution is 2.29. The molecule has 3 aromatic rings. The van der Waals surface area contributed by atoms with Gasteiger partial charge in [-0.1, -0.05) is 25.1 Å². The van der Waals surface area contributed by atoms with Crippen molar-refractivity contribution in [2.45, 2.75) is 26.5 Å². The van der Waals surface area contributed by atoms with E-state index >= 15 is 0 Å². The first-order valence-corrected chi connectivity index (χ1v) is 7.83. The van der Waals surface area contributed by atoms with Crippen LogP contribution in [0.2, 0.25) is 0 Å². The molecule has 1 N–H and O–H groups in total. The SMILES string of the molecule is CCN[C@H](C)c1cccc(-c2cc(OC(F)F)c3nccn3c2)c1. The first-order chi connectivity index (χ1) is 11.6. The first-order valence-electron chi connectivity index (χ1n) is 7.83. The van der Waals surface area contributed by atoms with Crippen molar-refractivity contribution in [1.82, 2.24) is 14.7 Å². The van der Waals surface area contributed by atoms with Crippen LogP contribution in [0, 0.1) is 0 Å². The number of imidazole rings is 1. The number of pyridine rings is 1. The van der Waals surface area contributed by atoms with Crippen LogP contribution < -0.4 is 10.1 Å². The van der Waals surface area contributed by atoms with E-state index in [0.29, 0.717) is 5.65 Å². The van der Waals surface area contributed by atoms with Gasteiger partial charge in [-0.25, -0.2) is 4.98 Å². The van der Waals surface area contributed by atoms with Crippen molar-refractivity contribution in [3.8, 4) is 16.9 Å². The molecule has 0 amide bonds. The van der Waals surface area contributed by atoms with Crippen molar-refractivity contribution >= 4 is 5.65 Å². The molecule has 4 nitrogen and oxygen atoms in total. The Kier molecular flexibility index (Phi) is 4.76. The minimum atomic E-state index is -2.89. The number of hydrogen-bond acceptors (Lipinski definition) is 3. The maximum absolute atomic E-state index is 12.7. The standard InChI is InChI=1S/C18H19F2N3O/c1-3-21-12(2)13-5-4-6-14(9-13)15-10-16(24-18(19)20)17-22-7-8-23(17)11-15/h4-12,18,21H,3H2,1-2H3/t12-/m1/s1. The Labute approximate surface area is 139 Å². The summed E-state index contributed by atoms with van der Waals surface area (Å²) < 4.78 is 31.7. The molecule has 0 aliphatic heterocycles. The number of rotatable bonds is 6. The number of halogens is 2. The Hall–Kier alpha value is -2.47. The molecule has 1 aromatic carbocycles. The van der Waals surface area contributed by atoms with Crippen LogP contribution in [0.25, 0.3) is 16.8 Å². The molecule has 0 unspecified atom stereocenters. The number of aromatic nitrogens is 2. The van der Waals surface area contributed by atoms with E-state index in [1.54, 1.807) is 22.9 Å². The minimum Gasteiger partial charge on any atom is -0.431 e. The van der Waals surface area contributed by atoms with Crippen molar-refractivity contribution in [3.05, 3.63) is 54.5 Å². The van der Waals surface area contributed by atoms with Crippen LogP contribution in [0.3, 0.4) is 0 Å². The predicted octanol–water partition coefficient (Wildman–Crippen LogP) is 4.27. The van der Waals surface area contributed by atoms with Crippen LogP contribution >= 0.6 is 0 Å². The Bertz CT molecular complexity index is 832. The molecular weight excluding hydrogens is 312 g/mol. The third-order valence-electron chi connectivity index (χ3n) is 3.90. The van der Waals surface area contributed by atoms with Crippen molar-refractivity contribution in [2.75, 3.05) is 6.54 Å². The van der Waals surface area contributed by atoms with Crippen molar-refractivity contribution < 1.29 is 13.5 Å². The molecule has 0 radical (unpaired) electrons. The average molecular weight is 331 g/mol. The molecule has 0 aliphatic rings. The fourth-order valence-corrected chi connectivity index (χ4v) is 2.75. The van der Waals surface area contributed by atoms with Crippen LogP contribution in [0.15, 0.2) is 48.9 Å². The van der Waals surface area contributed by atoms with Crippen LogP contribution in [-0.2, 0) is 0 Å². The highest BCUT2D eigenvalue weighted by atomic mass is 19.3. The first kappa shape index (κ1) is 16.4. The number of nitrogens with one attached hydrogen (secondary N) is 1. The Morgan fingerprint density at radius 1 is 1.25 bits per heavy atom. The van der Waals surface area contributed by atoms with Gasteiger partial charge in [0.25, 0.3) is 0 Å². The molecule has 2 aromatic heterocycles. The van der Waals surface area contributed by atoms with Gasteiger partial charge in [0.15, 0.2) is 11.4 Å². The molecule has 0 saturated heterocycles. The molecule has 0 bridgehead atoms. The quantitative estimate of drug-likeness (QED) is 0.733. The fourth-order valence-electron chi connectivity index (χ4n) is 2.75. The zero-order chi connectivity index (χ0) is 17.1. The van der Waals surface area contributed by atoms with Crippen LogP contribution in [-0.4, -0.2) is 22.5 Å². The molecule has 2 heterocycles. The van der Waals surface area contributed by atoms with Gasteiger partial charge in [0.2, 0.25) is 0 Å². The molecule has 6 heteroatoms. The van der Waals surface area contributed by atoms with Gasteiger partial charge < -0.3 is 14.5 Å². The summed E-state index contributed by atoms with van der Waals surface area (Å²) in [6.07, 6.45) is 5.13. The second-order valence-corrected chi connectivity index (χ2v) is 5.53. The zero-order valence-electron chi connectivity index (χ0n) is 13.5. The van der Waals surface area contributed by atoms with E-state index in [-0.39, 0.29) is 11.8 Å². The Morgan fingerprint density at radius 3 is 2.83 bits per heavy atom. The van der Waals surface area contributed by atoms with Gasteiger partial charge >= 0.3 is 6.61 Å². The molecule has 126 valence electrons. The van der Waals surface area contributed by atoms with E-state index < -0.39 is 6.61 Å². The van der Waals surface area contributed by atoms with E-state index in [9.17, 15) is 8.78 Å². The second kappa shape index (κ2) is 6.97. The van der Waals surface area contributed by atoms with Gasteiger partial charge in [0.05, 0.1) is 0 Å². The zero-order valence-corrected chi connectivity index (χ0v) is 13.5. The summed E-state index contributed by atoms with van der Waals surface area (Å²) in [5, 5.41) is 3.36. The van der Waals surface area contributed by atoms with Gasteiger partial charge in [-0.3, -0.25) is 0 Å². The van der Waals surface area contributed by atoms with Gasteiger partial charge in [-0.2, -0.15) is 8.78 Å². The number of hydrogen-bond donors (Lipinski definition) is 1. The van der Waals surface area contributed by atoms with Crippen molar-refractivity contribution in [1.29, 1.82) is 0 Å². The third-order valence-corrected chi connectivity index (χ3v) is 3.90. The lowest BCUT2D eigenvalue weighted by Gasteiger charge is -2.15. The maximum Gasteiger partial charge on any atom is 0.387 e. The van der Waals surface area contributed by atoms with E-state index in [4.69, 9.17) is 0 Å². The Morgan fingerprint density at radius 2 is 2.08 bits per heavy atom. The van der Waals surface area contributed by atoms with Gasteiger partial charge in [0, 0.05) is 30.2 Å². The smallest absolute Gasteiger partial charge is 0.387 e. The van der Waals surface area contributed by atoms with E-state index in [1.165, 1.54) is 0 Å². The lowest BCUT2D eigenvalue weighted by Crippen LogP contribution is -2.17. The van der Waals surface area contributed by atoms with E-state index in [0.717, 1.165) is 23.2 Å². The van der Waals surface area contributed by atoms with Gasteiger partial charge in [-0.15, -0.1) is 0 Å². The Balaban J connectivity index is 2.04. The summed E-state index contributed by atoms with van der Waals surface area (Å²) in [5.74, 6) is 0.0673. The van der Waals surface area contributed by atoms with Crippen molar-refractivity contribution in [2.24, 2.45) is 0 Å². The maximum atomic E-state index is 12.7. The van der Waals surface area contributed by atoms with Crippen molar-refractivity contribution in [3.63, 3.8) is 0 Å². The number of nitrogens with zero attached hydrogens (tertiary/aromatic N) is 2. The molecule has 24 heavy (non-hydrogen) atoms. The molecule has 0 saturated carbocycles. The lowest BCUT2D eigenvalue weighted by molar-refractivity contribution is -0.0491. The normalized spacial score (nSPS) is 12.7. The number of alkyl halides is 2. The number of benzene rings is 1.